The van der Waals surface area contributed by atoms with Gasteiger partial charge in [-0.2, -0.15) is 18.3 Å². The van der Waals surface area contributed by atoms with Crippen molar-refractivity contribution in [1.82, 2.24) is 15.1 Å². The van der Waals surface area contributed by atoms with Gasteiger partial charge in [0.15, 0.2) is 0 Å². The lowest BCUT2D eigenvalue weighted by atomic mass is 10.1. The van der Waals surface area contributed by atoms with E-state index >= 15 is 0 Å². The Kier molecular flexibility index (Phi) is 5.45. The van der Waals surface area contributed by atoms with E-state index < -0.39 is 29.8 Å². The summed E-state index contributed by atoms with van der Waals surface area (Å²) in [6, 6.07) is 5.16. The van der Waals surface area contributed by atoms with Crippen LogP contribution in [0.2, 0.25) is 0 Å². The van der Waals surface area contributed by atoms with E-state index in [0.717, 1.165) is 12.3 Å². The van der Waals surface area contributed by atoms with Crippen molar-refractivity contribution >= 4 is 11.9 Å². The minimum absolute atomic E-state index is 0.0449. The first kappa shape index (κ1) is 18.5. The Morgan fingerprint density at radius 1 is 1.32 bits per heavy atom. The van der Waals surface area contributed by atoms with Gasteiger partial charge in [0.25, 0.3) is 5.91 Å². The van der Waals surface area contributed by atoms with Gasteiger partial charge in [-0.1, -0.05) is 19.4 Å². The maximum Gasteiger partial charge on any atom is 0.433 e. The van der Waals surface area contributed by atoms with E-state index in [1.165, 1.54) is 24.3 Å². The first-order valence-electron chi connectivity index (χ1n) is 7.49. The number of carbonyl (C=O) groups excluding carboxylic acids is 1. The molecule has 0 bridgehead atoms. The van der Waals surface area contributed by atoms with E-state index in [2.05, 4.69) is 10.4 Å². The van der Waals surface area contributed by atoms with Gasteiger partial charge >= 0.3 is 12.1 Å². The molecule has 1 aromatic carbocycles. The number of nitrogens with zero attached hydrogens (tertiary/aromatic N) is 2. The number of benzene rings is 1. The number of hydrogen-bond donors (Lipinski definition) is 2. The van der Waals surface area contributed by atoms with Gasteiger partial charge in [-0.25, -0.2) is 9.48 Å². The van der Waals surface area contributed by atoms with Gasteiger partial charge in [0.05, 0.1) is 11.9 Å². The number of nitrogens with one attached hydrogen (secondary N) is 1. The van der Waals surface area contributed by atoms with Crippen LogP contribution in [0.15, 0.2) is 36.5 Å². The number of amides is 1. The van der Waals surface area contributed by atoms with Crippen LogP contribution in [0.3, 0.4) is 0 Å². The van der Waals surface area contributed by atoms with Crippen LogP contribution < -0.4 is 5.32 Å². The van der Waals surface area contributed by atoms with E-state index in [4.69, 9.17) is 5.11 Å². The van der Waals surface area contributed by atoms with Crippen LogP contribution in [-0.4, -0.2) is 32.8 Å². The predicted molar refractivity (Wildman–Crippen MR) is 82.4 cm³/mol. The molecule has 0 spiro atoms. The number of rotatable bonds is 6. The summed E-state index contributed by atoms with van der Waals surface area (Å²) in [5.41, 5.74) is -0.879. The highest BCUT2D eigenvalue weighted by atomic mass is 19.4. The molecule has 2 aromatic rings. The zero-order chi connectivity index (χ0) is 18.6. The average Bonchev–Trinajstić information content (AvgIpc) is 3.04. The molecule has 1 atom stereocenters. The molecule has 0 aliphatic heterocycles. The fraction of sp³-hybridized carbons (Fsp3) is 0.312. The molecule has 0 radical (unpaired) electrons. The van der Waals surface area contributed by atoms with E-state index in [0.29, 0.717) is 11.1 Å². The molecule has 25 heavy (non-hydrogen) atoms. The summed E-state index contributed by atoms with van der Waals surface area (Å²) in [5, 5.41) is 15.1. The molecule has 2 N–H and O–H groups in total. The number of hydrogen-bond acceptors (Lipinski definition) is 3. The summed E-state index contributed by atoms with van der Waals surface area (Å²) in [6.45, 7) is 1.78. The number of carbonyl (C=O) groups is 2. The lowest BCUT2D eigenvalue weighted by Crippen LogP contribution is -2.40. The Hall–Kier alpha value is -2.84. The number of aromatic nitrogens is 2. The van der Waals surface area contributed by atoms with Crippen molar-refractivity contribution in [2.24, 2.45) is 0 Å². The zero-order valence-electron chi connectivity index (χ0n) is 13.2. The standard InChI is InChI=1S/C16H16F3N3O3/c1-2-4-12(15(24)25)21-14(23)10-5-3-6-11(9-10)22-13(7-8-20-22)16(17,18)19/h3,5-9,12H,2,4H2,1H3,(H,21,23)(H,24,25). The molecule has 134 valence electrons. The van der Waals surface area contributed by atoms with Crippen molar-refractivity contribution in [1.29, 1.82) is 0 Å². The van der Waals surface area contributed by atoms with Crippen molar-refractivity contribution in [3.8, 4) is 5.69 Å². The van der Waals surface area contributed by atoms with E-state index in [9.17, 15) is 22.8 Å². The molecule has 0 fully saturated rings. The molecule has 1 heterocycles. The first-order valence-corrected chi connectivity index (χ1v) is 7.49. The van der Waals surface area contributed by atoms with E-state index in [-0.39, 0.29) is 17.7 Å². The molecule has 9 heteroatoms. The Balaban J connectivity index is 2.29. The van der Waals surface area contributed by atoms with Crippen LogP contribution in [-0.2, 0) is 11.0 Å². The number of halogens is 3. The first-order chi connectivity index (χ1) is 11.7. The summed E-state index contributed by atoms with van der Waals surface area (Å²) in [5.74, 6) is -1.85. The predicted octanol–water partition coefficient (Wildman–Crippen LogP) is 2.87. The summed E-state index contributed by atoms with van der Waals surface area (Å²) >= 11 is 0. The van der Waals surface area contributed by atoms with Gasteiger partial charge in [0, 0.05) is 5.56 Å². The van der Waals surface area contributed by atoms with Crippen LogP contribution in [0.25, 0.3) is 5.69 Å². The van der Waals surface area contributed by atoms with Crippen LogP contribution >= 0.6 is 0 Å². The second kappa shape index (κ2) is 7.37. The van der Waals surface area contributed by atoms with Crippen molar-refractivity contribution < 1.29 is 27.9 Å². The van der Waals surface area contributed by atoms with Crippen molar-refractivity contribution in [3.05, 3.63) is 47.8 Å². The molecule has 1 unspecified atom stereocenters. The number of carboxylic acid groups (broad SMARTS) is 1. The number of aliphatic carboxylic acids is 1. The summed E-state index contributed by atoms with van der Waals surface area (Å²) in [6.07, 6.45) is -2.78. The molecule has 1 amide bonds. The van der Waals surface area contributed by atoms with Crippen LogP contribution in [0.5, 0.6) is 0 Å². The fourth-order valence-electron chi connectivity index (χ4n) is 2.29. The maximum absolute atomic E-state index is 13.0. The van der Waals surface area contributed by atoms with Crippen LogP contribution in [0.1, 0.15) is 35.8 Å². The Bertz CT molecular complexity index is 771. The number of carboxylic acids is 1. The van der Waals surface area contributed by atoms with Crippen molar-refractivity contribution in [3.63, 3.8) is 0 Å². The molecule has 0 saturated heterocycles. The van der Waals surface area contributed by atoms with Gasteiger partial charge < -0.3 is 10.4 Å². The highest BCUT2D eigenvalue weighted by Crippen LogP contribution is 2.30. The highest BCUT2D eigenvalue weighted by molar-refractivity contribution is 5.97. The zero-order valence-corrected chi connectivity index (χ0v) is 13.2. The SMILES string of the molecule is CCCC(NC(=O)c1cccc(-n2nccc2C(F)(F)F)c1)C(=O)O. The smallest absolute Gasteiger partial charge is 0.433 e. The quantitative estimate of drug-likeness (QED) is 0.835. The topological polar surface area (TPSA) is 84.2 Å². The third-order valence-corrected chi connectivity index (χ3v) is 3.47. The molecule has 0 aliphatic rings. The van der Waals surface area contributed by atoms with Gasteiger partial charge in [-0.15, -0.1) is 0 Å². The van der Waals surface area contributed by atoms with Crippen molar-refractivity contribution in [2.45, 2.75) is 32.0 Å². The Labute approximate surface area is 141 Å². The second-order valence-electron chi connectivity index (χ2n) is 5.33. The lowest BCUT2D eigenvalue weighted by Gasteiger charge is -2.14. The minimum atomic E-state index is -4.59. The third kappa shape index (κ3) is 4.37. The van der Waals surface area contributed by atoms with Gasteiger partial charge in [-0.05, 0) is 30.7 Å². The van der Waals surface area contributed by atoms with Gasteiger partial charge in [0.2, 0.25) is 0 Å². The van der Waals surface area contributed by atoms with Crippen LogP contribution in [0.4, 0.5) is 13.2 Å². The molecule has 1 aromatic heterocycles. The van der Waals surface area contributed by atoms with E-state index in [1.54, 1.807) is 6.92 Å². The molecule has 2 rings (SSSR count). The molecular formula is C16H16F3N3O3. The summed E-state index contributed by atoms with van der Waals surface area (Å²) in [7, 11) is 0. The Morgan fingerprint density at radius 2 is 2.04 bits per heavy atom. The average molecular weight is 355 g/mol. The normalized spacial score (nSPS) is 12.6. The minimum Gasteiger partial charge on any atom is -0.480 e. The molecule has 6 nitrogen and oxygen atoms in total. The van der Waals surface area contributed by atoms with Crippen molar-refractivity contribution in [2.75, 3.05) is 0 Å². The van der Waals surface area contributed by atoms with Crippen LogP contribution in [0, 0.1) is 0 Å². The second-order valence-corrected chi connectivity index (χ2v) is 5.33. The highest BCUT2D eigenvalue weighted by Gasteiger charge is 2.35. The summed E-state index contributed by atoms with van der Waals surface area (Å²) < 4.78 is 39.6. The largest absolute Gasteiger partial charge is 0.480 e. The van der Waals surface area contributed by atoms with E-state index in [1.807, 2.05) is 0 Å². The lowest BCUT2D eigenvalue weighted by molar-refractivity contribution is -0.143. The molecular weight excluding hydrogens is 339 g/mol. The third-order valence-electron chi connectivity index (χ3n) is 3.47. The monoisotopic (exact) mass is 355 g/mol. The van der Waals surface area contributed by atoms with Gasteiger partial charge in [0.1, 0.15) is 11.7 Å². The molecule has 0 aliphatic carbocycles. The van der Waals surface area contributed by atoms with Gasteiger partial charge in [-0.3, -0.25) is 4.79 Å². The maximum atomic E-state index is 13.0. The fourth-order valence-corrected chi connectivity index (χ4v) is 2.29. The summed E-state index contributed by atoms with van der Waals surface area (Å²) in [4.78, 5) is 23.3. The Morgan fingerprint density at radius 3 is 2.64 bits per heavy atom. The number of alkyl halides is 3. The molecule has 0 saturated carbocycles.